The number of ether oxygens (including phenoxy) is 1. The van der Waals surface area contributed by atoms with E-state index in [-0.39, 0.29) is 23.4 Å². The smallest absolute Gasteiger partial charge is 0.387 e. The summed E-state index contributed by atoms with van der Waals surface area (Å²) in [4.78, 5) is 13.8. The first-order chi connectivity index (χ1) is 11.1. The Balaban J connectivity index is 1.65. The average Bonchev–Trinajstić information content (AvgIpc) is 3.18. The van der Waals surface area contributed by atoms with Crippen LogP contribution in [0.4, 0.5) is 14.5 Å². The van der Waals surface area contributed by atoms with Gasteiger partial charge in [-0.15, -0.1) is 0 Å². The van der Waals surface area contributed by atoms with E-state index in [0.717, 1.165) is 0 Å². The number of hydrogen-bond acceptors (Lipinski definition) is 5. The largest absolute Gasteiger partial charge is 0.433 e. The summed E-state index contributed by atoms with van der Waals surface area (Å²) in [6.45, 7) is -1.73. The minimum Gasteiger partial charge on any atom is -0.433 e. The maximum atomic E-state index is 12.5. The molecule has 0 unspecified atom stereocenters. The van der Waals surface area contributed by atoms with E-state index in [1.165, 1.54) is 12.3 Å². The molecule has 1 aliphatic heterocycles. The third-order valence-corrected chi connectivity index (χ3v) is 3.59. The summed E-state index contributed by atoms with van der Waals surface area (Å²) in [6, 6.07) is 6.53. The number of anilines is 1. The standard InChI is InChI=1S/C14H15F2N5O2/c15-14(16)23-12-4-2-1-3-11(12)21-6-5-9(8-21)18-13(22)10-7-17-20-19-10/h1-4,7,9,14H,5-6,8H2,(H,18,22)(H,17,19,20)/t9-/m0/s1. The fourth-order valence-corrected chi connectivity index (χ4v) is 2.58. The monoisotopic (exact) mass is 323 g/mol. The van der Waals surface area contributed by atoms with Crippen molar-refractivity contribution in [2.24, 2.45) is 0 Å². The minimum atomic E-state index is -2.87. The molecule has 1 aromatic carbocycles. The van der Waals surface area contributed by atoms with Gasteiger partial charge in [0.05, 0.1) is 11.9 Å². The summed E-state index contributed by atoms with van der Waals surface area (Å²) < 4.78 is 29.5. The van der Waals surface area contributed by atoms with Gasteiger partial charge in [-0.2, -0.15) is 24.2 Å². The van der Waals surface area contributed by atoms with E-state index in [1.54, 1.807) is 18.2 Å². The van der Waals surface area contributed by atoms with Crippen LogP contribution in [0.1, 0.15) is 16.9 Å². The van der Waals surface area contributed by atoms with Crippen LogP contribution in [-0.4, -0.2) is 47.1 Å². The third-order valence-electron chi connectivity index (χ3n) is 3.59. The van der Waals surface area contributed by atoms with Crippen LogP contribution < -0.4 is 15.0 Å². The molecule has 1 fully saturated rings. The van der Waals surface area contributed by atoms with Crippen molar-refractivity contribution in [3.8, 4) is 5.75 Å². The van der Waals surface area contributed by atoms with Crippen LogP contribution in [0.25, 0.3) is 0 Å². The topological polar surface area (TPSA) is 83.1 Å². The third kappa shape index (κ3) is 3.55. The number of hydrogen-bond donors (Lipinski definition) is 2. The molecule has 2 aromatic rings. The Hall–Kier alpha value is -2.71. The van der Waals surface area contributed by atoms with Crippen molar-refractivity contribution in [3.63, 3.8) is 0 Å². The molecule has 0 saturated carbocycles. The van der Waals surface area contributed by atoms with Crippen LogP contribution in [0.2, 0.25) is 0 Å². The summed E-state index contributed by atoms with van der Waals surface area (Å²) in [6.07, 6.45) is 2.04. The Morgan fingerprint density at radius 3 is 3.00 bits per heavy atom. The molecule has 0 aliphatic carbocycles. The lowest BCUT2D eigenvalue weighted by Crippen LogP contribution is -2.37. The second kappa shape index (κ2) is 6.59. The first kappa shape index (κ1) is 15.2. The van der Waals surface area contributed by atoms with Crippen LogP contribution in [0.3, 0.4) is 0 Å². The van der Waals surface area contributed by atoms with E-state index >= 15 is 0 Å². The van der Waals surface area contributed by atoms with Crippen molar-refractivity contribution in [1.82, 2.24) is 20.7 Å². The zero-order valence-corrected chi connectivity index (χ0v) is 12.1. The highest BCUT2D eigenvalue weighted by Gasteiger charge is 2.27. The number of rotatable bonds is 5. The number of halogens is 2. The van der Waals surface area contributed by atoms with Gasteiger partial charge in [0.15, 0.2) is 5.69 Å². The van der Waals surface area contributed by atoms with E-state index in [1.807, 2.05) is 4.90 Å². The molecule has 0 spiro atoms. The van der Waals surface area contributed by atoms with E-state index in [2.05, 4.69) is 25.5 Å². The number of H-pyrrole nitrogens is 1. The number of nitrogens with zero attached hydrogens (tertiary/aromatic N) is 3. The van der Waals surface area contributed by atoms with Crippen molar-refractivity contribution < 1.29 is 18.3 Å². The lowest BCUT2D eigenvalue weighted by molar-refractivity contribution is -0.0495. The van der Waals surface area contributed by atoms with E-state index in [4.69, 9.17) is 0 Å². The Labute approximate surface area is 130 Å². The number of benzene rings is 1. The summed E-state index contributed by atoms with van der Waals surface area (Å²) in [7, 11) is 0. The number of aromatic amines is 1. The molecule has 1 atom stereocenters. The van der Waals surface area contributed by atoms with Gasteiger partial charge in [0.1, 0.15) is 5.75 Å². The summed E-state index contributed by atoms with van der Waals surface area (Å²) >= 11 is 0. The Bertz CT molecular complexity index is 665. The summed E-state index contributed by atoms with van der Waals surface area (Å²) in [5.74, 6) is -0.186. The average molecular weight is 323 g/mol. The number of aromatic nitrogens is 3. The Morgan fingerprint density at radius 1 is 1.43 bits per heavy atom. The molecular weight excluding hydrogens is 308 g/mol. The Morgan fingerprint density at radius 2 is 2.26 bits per heavy atom. The highest BCUT2D eigenvalue weighted by Crippen LogP contribution is 2.31. The molecule has 1 saturated heterocycles. The normalized spacial score (nSPS) is 17.5. The van der Waals surface area contributed by atoms with Gasteiger partial charge in [0.25, 0.3) is 5.91 Å². The molecule has 2 heterocycles. The number of amides is 1. The molecule has 122 valence electrons. The molecule has 1 aromatic heterocycles. The van der Waals surface area contributed by atoms with Gasteiger partial charge in [-0.25, -0.2) is 0 Å². The number of carbonyl (C=O) groups is 1. The molecule has 23 heavy (non-hydrogen) atoms. The molecule has 7 nitrogen and oxygen atoms in total. The van der Waals surface area contributed by atoms with E-state index in [9.17, 15) is 13.6 Å². The number of alkyl halides is 2. The van der Waals surface area contributed by atoms with Crippen molar-refractivity contribution in [2.45, 2.75) is 19.1 Å². The maximum Gasteiger partial charge on any atom is 0.387 e. The first-order valence-corrected chi connectivity index (χ1v) is 7.09. The molecule has 1 aliphatic rings. The molecule has 0 radical (unpaired) electrons. The molecule has 2 N–H and O–H groups in total. The molecule has 3 rings (SSSR count). The van der Waals surface area contributed by atoms with Gasteiger partial charge in [-0.05, 0) is 18.6 Å². The van der Waals surface area contributed by atoms with Crippen molar-refractivity contribution in [3.05, 3.63) is 36.2 Å². The second-order valence-electron chi connectivity index (χ2n) is 5.11. The molecular formula is C14H15F2N5O2. The van der Waals surface area contributed by atoms with Gasteiger partial charge in [0.2, 0.25) is 0 Å². The van der Waals surface area contributed by atoms with Crippen LogP contribution in [0.5, 0.6) is 5.75 Å². The predicted octanol–water partition coefficient (Wildman–Crippen LogP) is 1.41. The van der Waals surface area contributed by atoms with E-state index < -0.39 is 6.61 Å². The van der Waals surface area contributed by atoms with Crippen molar-refractivity contribution in [2.75, 3.05) is 18.0 Å². The summed E-state index contributed by atoms with van der Waals surface area (Å²) in [5.41, 5.74) is 0.802. The zero-order chi connectivity index (χ0) is 16.2. The lowest BCUT2D eigenvalue weighted by atomic mass is 10.2. The molecule has 0 bridgehead atoms. The fraction of sp³-hybridized carbons (Fsp3) is 0.357. The van der Waals surface area contributed by atoms with Crippen molar-refractivity contribution in [1.29, 1.82) is 0 Å². The van der Waals surface area contributed by atoms with Crippen molar-refractivity contribution >= 4 is 11.6 Å². The maximum absolute atomic E-state index is 12.5. The zero-order valence-electron chi connectivity index (χ0n) is 12.1. The SMILES string of the molecule is O=C(N[C@H]1CCN(c2ccccc2OC(F)F)C1)c1cn[nH]n1. The van der Waals surface area contributed by atoms with Crippen LogP contribution in [0.15, 0.2) is 30.5 Å². The van der Waals surface area contributed by atoms with Gasteiger partial charge in [0, 0.05) is 19.1 Å². The van der Waals surface area contributed by atoms with Gasteiger partial charge in [-0.1, -0.05) is 12.1 Å². The Kier molecular flexibility index (Phi) is 4.35. The van der Waals surface area contributed by atoms with Gasteiger partial charge < -0.3 is 15.0 Å². The number of para-hydroxylation sites is 2. The number of nitrogens with one attached hydrogen (secondary N) is 2. The van der Waals surface area contributed by atoms with Gasteiger partial charge in [-0.3, -0.25) is 4.79 Å². The summed E-state index contributed by atoms with van der Waals surface area (Å²) in [5, 5.41) is 12.5. The van der Waals surface area contributed by atoms with E-state index in [0.29, 0.717) is 25.2 Å². The van der Waals surface area contributed by atoms with Crippen LogP contribution in [0, 0.1) is 0 Å². The fourth-order valence-electron chi connectivity index (χ4n) is 2.58. The van der Waals surface area contributed by atoms with Gasteiger partial charge >= 0.3 is 6.61 Å². The molecule has 9 heteroatoms. The molecule has 1 amide bonds. The number of carbonyl (C=O) groups excluding carboxylic acids is 1. The highest BCUT2D eigenvalue weighted by molar-refractivity contribution is 5.92. The minimum absolute atomic E-state index is 0.0983. The van der Waals surface area contributed by atoms with Crippen LogP contribution >= 0.6 is 0 Å². The predicted molar refractivity (Wildman–Crippen MR) is 77.5 cm³/mol. The highest BCUT2D eigenvalue weighted by atomic mass is 19.3. The second-order valence-corrected chi connectivity index (χ2v) is 5.11. The quantitative estimate of drug-likeness (QED) is 0.869. The first-order valence-electron chi connectivity index (χ1n) is 7.09. The lowest BCUT2D eigenvalue weighted by Gasteiger charge is -2.21. The van der Waals surface area contributed by atoms with Crippen LogP contribution in [-0.2, 0) is 0 Å².